The number of piperidine rings is 1. The third-order valence-corrected chi connectivity index (χ3v) is 5.17. The summed E-state index contributed by atoms with van der Waals surface area (Å²) in [5.74, 6) is -0.192. The maximum Gasteiger partial charge on any atom is 0.185 e. The monoisotopic (exact) mass is 334 g/mol. The second-order valence-corrected chi connectivity index (χ2v) is 7.32. The van der Waals surface area contributed by atoms with Gasteiger partial charge in [0.15, 0.2) is 5.13 Å². The summed E-state index contributed by atoms with van der Waals surface area (Å²) in [6.45, 7) is 3.08. The van der Waals surface area contributed by atoms with Crippen molar-refractivity contribution in [3.63, 3.8) is 0 Å². The number of hydrogen-bond donors (Lipinski definition) is 1. The Kier molecular flexibility index (Phi) is 5.13. The molecular formula is C17H23FN4S. The average molecular weight is 334 g/mol. The van der Waals surface area contributed by atoms with Crippen LogP contribution in [0.15, 0.2) is 30.5 Å². The smallest absolute Gasteiger partial charge is 0.185 e. The quantitative estimate of drug-likeness (QED) is 0.908. The molecule has 2 aromatic rings. The first-order valence-corrected chi connectivity index (χ1v) is 8.78. The normalized spacial score (nSPS) is 18.8. The van der Waals surface area contributed by atoms with Crippen LogP contribution in [0.1, 0.15) is 17.7 Å². The van der Waals surface area contributed by atoms with Crippen molar-refractivity contribution in [1.82, 2.24) is 9.88 Å². The number of rotatable bonds is 5. The third kappa shape index (κ3) is 4.42. The van der Waals surface area contributed by atoms with Gasteiger partial charge in [0.2, 0.25) is 0 Å². The summed E-state index contributed by atoms with van der Waals surface area (Å²) in [6.07, 6.45) is 4.31. The van der Waals surface area contributed by atoms with Crippen LogP contribution in [0, 0.1) is 5.82 Å². The van der Waals surface area contributed by atoms with Crippen LogP contribution in [-0.4, -0.2) is 43.1 Å². The summed E-state index contributed by atoms with van der Waals surface area (Å²) in [5, 5.41) is 4.57. The highest BCUT2D eigenvalue weighted by atomic mass is 32.1. The average Bonchev–Trinajstić information content (AvgIpc) is 2.99. The fourth-order valence-corrected chi connectivity index (χ4v) is 3.77. The molecule has 4 nitrogen and oxygen atoms in total. The third-order valence-electron chi connectivity index (χ3n) is 4.02. The zero-order valence-electron chi connectivity index (χ0n) is 13.6. The minimum Gasteiger partial charge on any atom is -0.381 e. The molecule has 124 valence electrons. The van der Waals surface area contributed by atoms with Crippen molar-refractivity contribution in [2.45, 2.75) is 25.4 Å². The Labute approximate surface area is 140 Å². The van der Waals surface area contributed by atoms with Gasteiger partial charge in [0.05, 0.1) is 0 Å². The Morgan fingerprint density at radius 3 is 2.83 bits per heavy atom. The molecule has 1 fully saturated rings. The van der Waals surface area contributed by atoms with Crippen molar-refractivity contribution in [2.75, 3.05) is 37.4 Å². The Balaban J connectivity index is 1.56. The SMILES string of the molecule is CN(C)c1ncc(CN2CCC[C@H](Nc3ccc(F)cc3)C2)s1. The summed E-state index contributed by atoms with van der Waals surface area (Å²) >= 11 is 1.75. The summed E-state index contributed by atoms with van der Waals surface area (Å²) in [6, 6.07) is 7.03. The molecule has 1 atom stereocenters. The Hall–Kier alpha value is -1.66. The van der Waals surface area contributed by atoms with E-state index < -0.39 is 0 Å². The van der Waals surface area contributed by atoms with Crippen molar-refractivity contribution in [3.05, 3.63) is 41.2 Å². The van der Waals surface area contributed by atoms with Gasteiger partial charge in [0.25, 0.3) is 0 Å². The van der Waals surface area contributed by atoms with Crippen molar-refractivity contribution < 1.29 is 4.39 Å². The van der Waals surface area contributed by atoms with Crippen LogP contribution in [0.4, 0.5) is 15.2 Å². The fraction of sp³-hybridized carbons (Fsp3) is 0.471. The predicted octanol–water partition coefficient (Wildman–Crippen LogP) is 3.42. The standard InChI is InChI=1S/C17H23FN4S/c1-21(2)17-19-10-16(23-17)12-22-9-3-4-15(11-22)20-14-7-5-13(18)6-8-14/h5-8,10,15,20H,3-4,9,11-12H2,1-2H3/t15-/m0/s1. The number of halogens is 1. The number of anilines is 2. The van der Waals surface area contributed by atoms with Gasteiger partial charge in [-0.25, -0.2) is 9.37 Å². The van der Waals surface area contributed by atoms with Crippen molar-refractivity contribution in [2.24, 2.45) is 0 Å². The van der Waals surface area contributed by atoms with E-state index in [1.165, 1.54) is 23.4 Å². The lowest BCUT2D eigenvalue weighted by atomic mass is 10.1. The van der Waals surface area contributed by atoms with E-state index in [1.54, 1.807) is 23.5 Å². The molecule has 1 aliphatic rings. The Morgan fingerprint density at radius 1 is 1.35 bits per heavy atom. The highest BCUT2D eigenvalue weighted by Crippen LogP contribution is 2.24. The number of aromatic nitrogens is 1. The van der Waals surface area contributed by atoms with E-state index >= 15 is 0 Å². The predicted molar refractivity (Wildman–Crippen MR) is 94.8 cm³/mol. The maximum absolute atomic E-state index is 13.0. The lowest BCUT2D eigenvalue weighted by Gasteiger charge is -2.33. The van der Waals surface area contributed by atoms with Gasteiger partial charge in [-0.15, -0.1) is 11.3 Å². The van der Waals surface area contributed by atoms with Crippen LogP contribution in [-0.2, 0) is 6.54 Å². The van der Waals surface area contributed by atoms with Gasteiger partial charge >= 0.3 is 0 Å². The Bertz CT molecular complexity index is 626. The number of nitrogens with zero attached hydrogens (tertiary/aromatic N) is 3. The van der Waals surface area contributed by atoms with E-state index in [1.807, 2.05) is 25.2 Å². The fourth-order valence-electron chi connectivity index (χ4n) is 2.90. The first-order chi connectivity index (χ1) is 11.1. The van der Waals surface area contributed by atoms with Gasteiger partial charge in [-0.3, -0.25) is 4.90 Å². The lowest BCUT2D eigenvalue weighted by Crippen LogP contribution is -2.41. The molecule has 2 heterocycles. The molecule has 0 amide bonds. The van der Waals surface area contributed by atoms with Gasteiger partial charge in [-0.1, -0.05) is 0 Å². The maximum atomic E-state index is 13.0. The number of thiazole rings is 1. The van der Waals surface area contributed by atoms with E-state index in [9.17, 15) is 4.39 Å². The first-order valence-electron chi connectivity index (χ1n) is 7.96. The highest BCUT2D eigenvalue weighted by Gasteiger charge is 2.20. The van der Waals surface area contributed by atoms with Crippen molar-refractivity contribution >= 4 is 22.2 Å². The zero-order valence-corrected chi connectivity index (χ0v) is 14.4. The molecule has 1 N–H and O–H groups in total. The second-order valence-electron chi connectivity index (χ2n) is 6.23. The number of hydrogen-bond acceptors (Lipinski definition) is 5. The Morgan fingerprint density at radius 2 is 2.13 bits per heavy atom. The zero-order chi connectivity index (χ0) is 16.2. The molecule has 1 saturated heterocycles. The molecule has 0 radical (unpaired) electrons. The molecular weight excluding hydrogens is 311 g/mol. The van der Waals surface area contributed by atoms with Gasteiger partial charge in [-0.05, 0) is 43.7 Å². The van der Waals surface area contributed by atoms with Crippen LogP contribution in [0.2, 0.25) is 0 Å². The van der Waals surface area contributed by atoms with Gasteiger partial charge < -0.3 is 10.2 Å². The van der Waals surface area contributed by atoms with Gasteiger partial charge in [0.1, 0.15) is 5.82 Å². The molecule has 1 aromatic carbocycles. The summed E-state index contributed by atoms with van der Waals surface area (Å²) in [4.78, 5) is 10.3. The van der Waals surface area contributed by atoms with Crippen molar-refractivity contribution in [1.29, 1.82) is 0 Å². The van der Waals surface area contributed by atoms with E-state index in [0.29, 0.717) is 6.04 Å². The lowest BCUT2D eigenvalue weighted by molar-refractivity contribution is 0.210. The van der Waals surface area contributed by atoms with E-state index in [0.717, 1.165) is 36.9 Å². The van der Waals surface area contributed by atoms with Gasteiger partial charge in [-0.2, -0.15) is 0 Å². The molecule has 3 rings (SSSR count). The number of nitrogens with one attached hydrogen (secondary N) is 1. The molecule has 0 aliphatic carbocycles. The molecule has 1 aromatic heterocycles. The summed E-state index contributed by atoms with van der Waals surface area (Å²) < 4.78 is 13.0. The highest BCUT2D eigenvalue weighted by molar-refractivity contribution is 7.15. The molecule has 23 heavy (non-hydrogen) atoms. The molecule has 0 saturated carbocycles. The van der Waals surface area contributed by atoms with Crippen molar-refractivity contribution in [3.8, 4) is 0 Å². The first kappa shape index (κ1) is 16.2. The minimum absolute atomic E-state index is 0.192. The van der Waals surface area contributed by atoms with E-state index in [2.05, 4.69) is 15.2 Å². The molecule has 1 aliphatic heterocycles. The van der Waals surface area contributed by atoms with Crippen LogP contribution < -0.4 is 10.2 Å². The molecule has 0 spiro atoms. The van der Waals surface area contributed by atoms with Crippen LogP contribution in [0.3, 0.4) is 0 Å². The number of benzene rings is 1. The molecule has 6 heteroatoms. The van der Waals surface area contributed by atoms with E-state index in [4.69, 9.17) is 0 Å². The number of likely N-dealkylation sites (tertiary alicyclic amines) is 1. The van der Waals surface area contributed by atoms with Crippen LogP contribution >= 0.6 is 11.3 Å². The largest absolute Gasteiger partial charge is 0.381 e. The minimum atomic E-state index is -0.192. The summed E-state index contributed by atoms with van der Waals surface area (Å²) in [7, 11) is 4.04. The topological polar surface area (TPSA) is 31.4 Å². The van der Waals surface area contributed by atoms with Gasteiger partial charge in [0, 0.05) is 50.0 Å². The van der Waals surface area contributed by atoms with E-state index in [-0.39, 0.29) is 5.82 Å². The van der Waals surface area contributed by atoms with Crippen LogP contribution in [0.25, 0.3) is 0 Å². The molecule has 0 unspecified atom stereocenters. The molecule has 0 bridgehead atoms. The second kappa shape index (κ2) is 7.27. The van der Waals surface area contributed by atoms with Crippen LogP contribution in [0.5, 0.6) is 0 Å². The summed E-state index contributed by atoms with van der Waals surface area (Å²) in [5.41, 5.74) is 0.992.